The summed E-state index contributed by atoms with van der Waals surface area (Å²) in [6.45, 7) is 7.23. The van der Waals surface area contributed by atoms with Gasteiger partial charge in [-0.05, 0) is 54.7 Å². The van der Waals surface area contributed by atoms with Crippen molar-refractivity contribution in [1.29, 1.82) is 0 Å². The summed E-state index contributed by atoms with van der Waals surface area (Å²) in [5, 5.41) is 2.80. The highest BCUT2D eigenvalue weighted by atomic mass is 19.4. The van der Waals surface area contributed by atoms with Crippen LogP contribution in [0.15, 0.2) is 30.3 Å². The topological polar surface area (TPSA) is 38.3 Å². The van der Waals surface area contributed by atoms with Gasteiger partial charge in [0.25, 0.3) is 0 Å². The second-order valence-electron chi connectivity index (χ2n) is 6.61. The number of hydrogen-bond acceptors (Lipinski definition) is 2. The second kappa shape index (κ2) is 9.13. The van der Waals surface area contributed by atoms with Gasteiger partial charge in [-0.2, -0.15) is 13.2 Å². The van der Waals surface area contributed by atoms with Crippen molar-refractivity contribution < 1.29 is 22.7 Å². The first kappa shape index (κ1) is 21.8. The molecule has 2 rings (SSSR count). The Balaban J connectivity index is 2.41. The van der Waals surface area contributed by atoms with Crippen LogP contribution in [0.1, 0.15) is 55.0 Å². The summed E-state index contributed by atoms with van der Waals surface area (Å²) in [5.74, 6) is -0.352. The van der Waals surface area contributed by atoms with Crippen molar-refractivity contribution in [2.45, 2.75) is 59.7 Å². The summed E-state index contributed by atoms with van der Waals surface area (Å²) in [5.41, 5.74) is 2.81. The molecule has 0 unspecified atom stereocenters. The van der Waals surface area contributed by atoms with Gasteiger partial charge < -0.3 is 10.1 Å². The number of rotatable bonds is 7. The van der Waals surface area contributed by atoms with E-state index in [9.17, 15) is 18.0 Å². The number of benzene rings is 2. The van der Waals surface area contributed by atoms with Gasteiger partial charge in [-0.1, -0.05) is 32.9 Å². The van der Waals surface area contributed by atoms with Gasteiger partial charge in [0.2, 0.25) is 5.91 Å². The zero-order valence-corrected chi connectivity index (χ0v) is 16.7. The number of nitrogens with one attached hydrogen (secondary N) is 1. The fraction of sp³-hybridized carbons (Fsp3) is 0.409. The van der Waals surface area contributed by atoms with E-state index in [2.05, 4.69) is 5.32 Å². The summed E-state index contributed by atoms with van der Waals surface area (Å²) in [7, 11) is 0. The minimum absolute atomic E-state index is 0.0582. The highest BCUT2D eigenvalue weighted by Gasteiger charge is 2.35. The quantitative estimate of drug-likeness (QED) is 0.620. The molecule has 6 heteroatoms. The van der Waals surface area contributed by atoms with Gasteiger partial charge in [0.05, 0.1) is 5.56 Å². The largest absolute Gasteiger partial charge is 0.488 e. The Kier molecular flexibility index (Phi) is 7.11. The van der Waals surface area contributed by atoms with E-state index in [1.54, 1.807) is 19.9 Å². The molecule has 0 radical (unpaired) electrons. The summed E-state index contributed by atoms with van der Waals surface area (Å²) >= 11 is 0. The third-order valence-corrected chi connectivity index (χ3v) is 4.75. The van der Waals surface area contributed by atoms with Crippen molar-refractivity contribution in [3.63, 3.8) is 0 Å². The van der Waals surface area contributed by atoms with E-state index in [1.165, 1.54) is 6.07 Å². The van der Waals surface area contributed by atoms with Crippen LogP contribution in [0.3, 0.4) is 0 Å². The van der Waals surface area contributed by atoms with Crippen molar-refractivity contribution in [2.75, 3.05) is 5.32 Å². The molecule has 0 aliphatic heterocycles. The molecule has 0 aliphatic rings. The maximum atomic E-state index is 13.5. The Labute approximate surface area is 163 Å². The van der Waals surface area contributed by atoms with E-state index >= 15 is 0 Å². The maximum Gasteiger partial charge on any atom is 0.419 e. The maximum absolute atomic E-state index is 13.5. The normalized spacial score (nSPS) is 11.4. The van der Waals surface area contributed by atoms with Crippen molar-refractivity contribution in [3.05, 3.63) is 58.1 Å². The molecule has 2 aromatic rings. The third-order valence-electron chi connectivity index (χ3n) is 4.75. The fourth-order valence-electron chi connectivity index (χ4n) is 3.09. The predicted octanol–water partition coefficient (Wildman–Crippen LogP) is 6.07. The van der Waals surface area contributed by atoms with E-state index in [0.717, 1.165) is 17.2 Å². The van der Waals surface area contributed by atoms with E-state index in [0.29, 0.717) is 36.1 Å². The lowest BCUT2D eigenvalue weighted by Gasteiger charge is -2.19. The number of hydrogen-bond donors (Lipinski definition) is 1. The van der Waals surface area contributed by atoms with Gasteiger partial charge in [-0.25, -0.2) is 0 Å². The second-order valence-corrected chi connectivity index (χ2v) is 6.61. The molecule has 0 spiro atoms. The molecule has 0 heterocycles. The molecule has 0 saturated carbocycles. The number of carbonyl (C=O) groups is 1. The molecular weight excluding hydrogens is 367 g/mol. The lowest BCUT2D eigenvalue weighted by Crippen LogP contribution is -2.14. The molecule has 0 aromatic heterocycles. The summed E-state index contributed by atoms with van der Waals surface area (Å²) in [4.78, 5) is 11.8. The van der Waals surface area contributed by atoms with Gasteiger partial charge in [-0.15, -0.1) is 0 Å². The standard InChI is InChI=1S/C22H26F3NO2/c1-5-15-9-8-10-19(26-21(27)7-3)17(15)13-28-20-11-14(4)16(6-2)12-18(20)22(23,24)25/h8-12H,5-7,13H2,1-4H3,(H,26,27). The zero-order chi connectivity index (χ0) is 20.9. The Bertz CT molecular complexity index is 844. The summed E-state index contributed by atoms with van der Waals surface area (Å²) in [6, 6.07) is 8.05. The van der Waals surface area contributed by atoms with Crippen LogP contribution in [0.4, 0.5) is 18.9 Å². The van der Waals surface area contributed by atoms with Crippen LogP contribution in [-0.2, 0) is 30.4 Å². The fourth-order valence-corrected chi connectivity index (χ4v) is 3.09. The third kappa shape index (κ3) is 5.06. The molecule has 1 amide bonds. The molecule has 2 aromatic carbocycles. The molecule has 3 nitrogen and oxygen atoms in total. The molecule has 0 saturated heterocycles. The molecule has 0 aliphatic carbocycles. The van der Waals surface area contributed by atoms with Crippen LogP contribution in [0.2, 0.25) is 0 Å². The van der Waals surface area contributed by atoms with Crippen LogP contribution in [0.5, 0.6) is 5.75 Å². The zero-order valence-electron chi connectivity index (χ0n) is 16.7. The highest BCUT2D eigenvalue weighted by molar-refractivity contribution is 5.91. The molecule has 28 heavy (non-hydrogen) atoms. The van der Waals surface area contributed by atoms with Crippen LogP contribution in [-0.4, -0.2) is 5.91 Å². The van der Waals surface area contributed by atoms with Gasteiger partial charge >= 0.3 is 6.18 Å². The van der Waals surface area contributed by atoms with E-state index < -0.39 is 11.7 Å². The van der Waals surface area contributed by atoms with Crippen molar-refractivity contribution in [2.24, 2.45) is 0 Å². The highest BCUT2D eigenvalue weighted by Crippen LogP contribution is 2.38. The number of aryl methyl sites for hydroxylation is 3. The monoisotopic (exact) mass is 393 g/mol. The first-order valence-corrected chi connectivity index (χ1v) is 9.45. The SMILES string of the molecule is CCC(=O)Nc1cccc(CC)c1COc1cc(C)c(CC)cc1C(F)(F)F. The van der Waals surface area contributed by atoms with Crippen molar-refractivity contribution >= 4 is 11.6 Å². The Morgan fingerprint density at radius 2 is 1.75 bits per heavy atom. The number of alkyl halides is 3. The Morgan fingerprint density at radius 1 is 1.07 bits per heavy atom. The van der Waals surface area contributed by atoms with E-state index in [-0.39, 0.29) is 18.3 Å². The smallest absolute Gasteiger partial charge is 0.419 e. The van der Waals surface area contributed by atoms with Crippen LogP contribution >= 0.6 is 0 Å². The average Bonchev–Trinajstić information content (AvgIpc) is 2.65. The summed E-state index contributed by atoms with van der Waals surface area (Å²) in [6.07, 6.45) is -3.00. The lowest BCUT2D eigenvalue weighted by atomic mass is 10.0. The minimum Gasteiger partial charge on any atom is -0.488 e. The van der Waals surface area contributed by atoms with Gasteiger partial charge in [0.1, 0.15) is 12.4 Å². The predicted molar refractivity (Wildman–Crippen MR) is 105 cm³/mol. The Morgan fingerprint density at radius 3 is 2.32 bits per heavy atom. The molecule has 0 bridgehead atoms. The Hall–Kier alpha value is -2.50. The molecule has 0 atom stereocenters. The van der Waals surface area contributed by atoms with Gasteiger partial charge in [0, 0.05) is 17.7 Å². The van der Waals surface area contributed by atoms with Crippen LogP contribution in [0.25, 0.3) is 0 Å². The number of amides is 1. The summed E-state index contributed by atoms with van der Waals surface area (Å²) < 4.78 is 46.2. The molecule has 1 N–H and O–H groups in total. The van der Waals surface area contributed by atoms with Crippen LogP contribution < -0.4 is 10.1 Å². The van der Waals surface area contributed by atoms with Crippen molar-refractivity contribution in [3.8, 4) is 5.75 Å². The molecule has 152 valence electrons. The van der Waals surface area contributed by atoms with Gasteiger partial charge in [-0.3, -0.25) is 4.79 Å². The number of ether oxygens (including phenoxy) is 1. The number of halogens is 3. The van der Waals surface area contributed by atoms with E-state index in [1.807, 2.05) is 26.0 Å². The average molecular weight is 393 g/mol. The lowest BCUT2D eigenvalue weighted by molar-refractivity contribution is -0.139. The van der Waals surface area contributed by atoms with Gasteiger partial charge in [0.15, 0.2) is 0 Å². The first-order valence-electron chi connectivity index (χ1n) is 9.45. The van der Waals surface area contributed by atoms with Crippen LogP contribution in [0, 0.1) is 6.92 Å². The number of anilines is 1. The van der Waals surface area contributed by atoms with Crippen molar-refractivity contribution in [1.82, 2.24) is 0 Å². The first-order chi connectivity index (χ1) is 13.2. The molecular formula is C22H26F3NO2. The molecule has 0 fully saturated rings. The minimum atomic E-state index is -4.50. The number of carbonyl (C=O) groups excluding carboxylic acids is 1. The van der Waals surface area contributed by atoms with E-state index in [4.69, 9.17) is 4.74 Å².